The molecule has 9 rings (SSSR count). The van der Waals surface area contributed by atoms with Gasteiger partial charge in [0.25, 0.3) is 0 Å². The smallest absolute Gasteiger partial charge is 0.0547 e. The molecule has 0 aliphatic carbocycles. The number of benzene rings is 7. The second kappa shape index (κ2) is 9.86. The topological polar surface area (TPSA) is 9.86 Å². The minimum atomic E-state index is 1.16. The molecule has 44 heavy (non-hydrogen) atoms. The van der Waals surface area contributed by atoms with Crippen molar-refractivity contribution in [2.24, 2.45) is 0 Å². The molecule has 0 spiro atoms. The maximum Gasteiger partial charge on any atom is 0.0547 e. The van der Waals surface area contributed by atoms with Gasteiger partial charge in [0.1, 0.15) is 0 Å². The van der Waals surface area contributed by atoms with E-state index < -0.39 is 0 Å². The Kier molecular flexibility index (Phi) is 5.54. The zero-order valence-corrected chi connectivity index (χ0v) is 24.1. The first kappa shape index (κ1) is 24.7. The first-order valence-electron chi connectivity index (χ1n) is 15.1. The molecule has 0 saturated heterocycles. The van der Waals surface area contributed by atoms with Crippen molar-refractivity contribution in [1.29, 1.82) is 0 Å². The maximum absolute atomic E-state index is 2.44. The molecule has 0 radical (unpaired) electrons. The van der Waals surface area contributed by atoms with Gasteiger partial charge >= 0.3 is 0 Å². The van der Waals surface area contributed by atoms with E-state index in [1.165, 1.54) is 65.9 Å². The lowest BCUT2D eigenvalue weighted by atomic mass is 9.99. The highest BCUT2D eigenvalue weighted by atomic mass is 15.0. The third kappa shape index (κ3) is 3.68. The molecule has 0 fully saturated rings. The van der Waals surface area contributed by atoms with Crippen LogP contribution < -0.4 is 0 Å². The van der Waals surface area contributed by atoms with E-state index >= 15 is 0 Å². The van der Waals surface area contributed by atoms with Crippen molar-refractivity contribution in [3.05, 3.63) is 170 Å². The molecule has 7 aromatic carbocycles. The number of rotatable bonds is 4. The van der Waals surface area contributed by atoms with Gasteiger partial charge in [0.2, 0.25) is 0 Å². The Morgan fingerprint density at radius 1 is 0.295 bits per heavy atom. The second-order valence-corrected chi connectivity index (χ2v) is 11.4. The van der Waals surface area contributed by atoms with Crippen molar-refractivity contribution in [2.75, 3.05) is 0 Å². The molecule has 0 bridgehead atoms. The van der Waals surface area contributed by atoms with E-state index in [0.717, 1.165) is 11.4 Å². The van der Waals surface area contributed by atoms with Gasteiger partial charge in [-0.25, -0.2) is 0 Å². The van der Waals surface area contributed by atoms with Gasteiger partial charge in [-0.1, -0.05) is 121 Å². The van der Waals surface area contributed by atoms with Crippen LogP contribution in [0.3, 0.4) is 0 Å². The lowest BCUT2D eigenvalue weighted by Gasteiger charge is -2.11. The fourth-order valence-corrected chi connectivity index (χ4v) is 7.07. The second-order valence-electron chi connectivity index (χ2n) is 11.4. The van der Waals surface area contributed by atoms with E-state index in [4.69, 9.17) is 0 Å². The quantitative estimate of drug-likeness (QED) is 0.203. The number of hydrogen-bond donors (Lipinski definition) is 0. The molecule has 9 aromatic rings. The molecule has 2 aromatic heterocycles. The monoisotopic (exact) mass is 560 g/mol. The summed E-state index contributed by atoms with van der Waals surface area (Å²) in [6, 6.07) is 61.3. The molecule has 2 heteroatoms. The number of nitrogens with zero attached hydrogens (tertiary/aromatic N) is 2. The van der Waals surface area contributed by atoms with E-state index in [1.807, 2.05) is 0 Å². The fourth-order valence-electron chi connectivity index (χ4n) is 7.07. The normalized spacial score (nSPS) is 11.6. The van der Waals surface area contributed by atoms with Crippen LogP contribution in [0.1, 0.15) is 0 Å². The molecule has 0 unspecified atom stereocenters. The van der Waals surface area contributed by atoms with Crippen LogP contribution in [0.5, 0.6) is 0 Å². The average molecular weight is 561 g/mol. The summed E-state index contributed by atoms with van der Waals surface area (Å²) in [7, 11) is 0. The Morgan fingerprint density at radius 2 is 0.773 bits per heavy atom. The molecular formula is C42H28N2. The molecule has 2 heterocycles. The highest BCUT2D eigenvalue weighted by molar-refractivity contribution is 6.18. The van der Waals surface area contributed by atoms with Crippen molar-refractivity contribution in [3.8, 4) is 33.6 Å². The minimum Gasteiger partial charge on any atom is -0.309 e. The first-order chi connectivity index (χ1) is 21.9. The largest absolute Gasteiger partial charge is 0.309 e. The van der Waals surface area contributed by atoms with Crippen LogP contribution in [0.25, 0.3) is 77.2 Å². The van der Waals surface area contributed by atoms with Gasteiger partial charge in [-0.15, -0.1) is 0 Å². The Morgan fingerprint density at radius 3 is 1.41 bits per heavy atom. The Bertz CT molecular complexity index is 2470. The molecule has 206 valence electrons. The molecular weight excluding hydrogens is 532 g/mol. The summed E-state index contributed by atoms with van der Waals surface area (Å²) in [4.78, 5) is 0. The summed E-state index contributed by atoms with van der Waals surface area (Å²) in [5.74, 6) is 0. The van der Waals surface area contributed by atoms with E-state index in [2.05, 4.69) is 179 Å². The van der Waals surface area contributed by atoms with Crippen LogP contribution in [0, 0.1) is 0 Å². The predicted octanol–water partition coefficient (Wildman–Crippen LogP) is 11.2. The average Bonchev–Trinajstić information content (AvgIpc) is 3.62. The first-order valence-corrected chi connectivity index (χ1v) is 15.1. The summed E-state index contributed by atoms with van der Waals surface area (Å²) in [5, 5.41) is 5.06. The van der Waals surface area contributed by atoms with Gasteiger partial charge in [0.15, 0.2) is 0 Å². The van der Waals surface area contributed by atoms with Crippen molar-refractivity contribution in [1.82, 2.24) is 9.13 Å². The van der Waals surface area contributed by atoms with E-state index in [1.54, 1.807) is 0 Å². The van der Waals surface area contributed by atoms with Crippen LogP contribution in [0.15, 0.2) is 170 Å². The molecule has 0 aliphatic heterocycles. The van der Waals surface area contributed by atoms with Gasteiger partial charge < -0.3 is 9.13 Å². The van der Waals surface area contributed by atoms with Gasteiger partial charge in [-0.2, -0.15) is 0 Å². The lowest BCUT2D eigenvalue weighted by molar-refractivity contribution is 1.17. The van der Waals surface area contributed by atoms with Crippen molar-refractivity contribution >= 4 is 43.6 Å². The standard InChI is InChI=1S/C42H28N2/c1-4-14-29(15-5-1)33-21-12-24-39-41(33)35-20-10-11-23-37(35)44(39)32-26-27-38-36(28-32)42-34(30-16-6-2-7-17-30)22-13-25-40(42)43(38)31-18-8-3-9-19-31/h1-28H. The maximum atomic E-state index is 2.44. The summed E-state index contributed by atoms with van der Waals surface area (Å²) in [5.41, 5.74) is 12.1. The summed E-state index contributed by atoms with van der Waals surface area (Å²) >= 11 is 0. The molecule has 0 amide bonds. The minimum absolute atomic E-state index is 1.16. The highest BCUT2D eigenvalue weighted by Gasteiger charge is 2.19. The number of para-hydroxylation sites is 2. The molecule has 0 saturated carbocycles. The van der Waals surface area contributed by atoms with Crippen LogP contribution in [0.2, 0.25) is 0 Å². The van der Waals surface area contributed by atoms with Crippen molar-refractivity contribution < 1.29 is 0 Å². The van der Waals surface area contributed by atoms with Crippen LogP contribution >= 0.6 is 0 Å². The van der Waals surface area contributed by atoms with Gasteiger partial charge in [-0.05, 0) is 70.8 Å². The summed E-state index contributed by atoms with van der Waals surface area (Å²) in [6.45, 7) is 0. The Balaban J connectivity index is 1.39. The lowest BCUT2D eigenvalue weighted by Crippen LogP contribution is -1.95. The molecule has 0 aliphatic rings. The zero-order valence-electron chi connectivity index (χ0n) is 24.1. The Hall–Kier alpha value is -5.86. The van der Waals surface area contributed by atoms with Crippen molar-refractivity contribution in [2.45, 2.75) is 0 Å². The third-order valence-corrected chi connectivity index (χ3v) is 8.91. The van der Waals surface area contributed by atoms with E-state index in [-0.39, 0.29) is 0 Å². The van der Waals surface area contributed by atoms with Gasteiger partial charge in [0, 0.05) is 32.9 Å². The fraction of sp³-hybridized carbons (Fsp3) is 0. The predicted molar refractivity (Wildman–Crippen MR) is 186 cm³/mol. The number of hydrogen-bond acceptors (Lipinski definition) is 0. The van der Waals surface area contributed by atoms with Crippen LogP contribution in [-0.4, -0.2) is 9.13 Å². The van der Waals surface area contributed by atoms with Gasteiger partial charge in [-0.3, -0.25) is 0 Å². The number of fused-ring (bicyclic) bond motifs is 6. The summed E-state index contributed by atoms with van der Waals surface area (Å²) in [6.07, 6.45) is 0. The van der Waals surface area contributed by atoms with Crippen molar-refractivity contribution in [3.63, 3.8) is 0 Å². The zero-order chi connectivity index (χ0) is 29.0. The molecule has 0 N–H and O–H groups in total. The van der Waals surface area contributed by atoms with Gasteiger partial charge in [0.05, 0.1) is 22.1 Å². The van der Waals surface area contributed by atoms with E-state index in [0.29, 0.717) is 0 Å². The Labute approximate surface area is 255 Å². The molecule has 0 atom stereocenters. The highest BCUT2D eigenvalue weighted by Crippen LogP contribution is 2.42. The SMILES string of the molecule is c1ccc(-c2cccc3c2c2ccccc2n3-c2ccc3c(c2)c2c(-c4ccccc4)cccc2n3-c2ccccc2)cc1. The third-order valence-electron chi connectivity index (χ3n) is 8.91. The summed E-state index contributed by atoms with van der Waals surface area (Å²) < 4.78 is 4.84. The van der Waals surface area contributed by atoms with Crippen LogP contribution in [-0.2, 0) is 0 Å². The molecule has 2 nitrogen and oxygen atoms in total. The number of aromatic nitrogens is 2. The van der Waals surface area contributed by atoms with E-state index in [9.17, 15) is 0 Å². The van der Waals surface area contributed by atoms with Crippen LogP contribution in [0.4, 0.5) is 0 Å².